The van der Waals surface area contributed by atoms with Gasteiger partial charge in [0.25, 0.3) is 0 Å². The zero-order valence-corrected chi connectivity index (χ0v) is 29.4. The average molecular weight is 700 g/mol. The fourth-order valence-corrected chi connectivity index (χ4v) is 8.67. The highest BCUT2D eigenvalue weighted by Gasteiger charge is 2.49. The number of rotatable bonds is 9. The molecule has 4 aromatic rings. The van der Waals surface area contributed by atoms with Crippen LogP contribution in [-0.2, 0) is 11.2 Å². The number of pyridine rings is 1. The van der Waals surface area contributed by atoms with Gasteiger partial charge < -0.3 is 14.5 Å². The van der Waals surface area contributed by atoms with Crippen molar-refractivity contribution in [1.82, 2.24) is 29.7 Å². The number of benzene rings is 2. The SMILES string of the molecule is CCc1c(F)ccc2cccc(-c3ncc4c(N(C)[C@@H]5CCN(C(=O)/C=C/[C@H]6CCN6C)C5)nc(OCC56CCCN5C[C@H](F)C6)nc4c3F)c12. The predicted molar refractivity (Wildman–Crippen MR) is 192 cm³/mol. The first kappa shape index (κ1) is 33.8. The van der Waals surface area contributed by atoms with Crippen LogP contribution in [0.5, 0.6) is 6.01 Å². The summed E-state index contributed by atoms with van der Waals surface area (Å²) >= 11 is 0. The minimum absolute atomic E-state index is 0.000579. The number of carbonyl (C=O) groups is 1. The Labute approximate surface area is 296 Å². The van der Waals surface area contributed by atoms with Crippen LogP contribution in [0.25, 0.3) is 32.9 Å². The molecule has 0 aliphatic carbocycles. The Hall–Kier alpha value is -4.29. The van der Waals surface area contributed by atoms with E-state index in [1.54, 1.807) is 24.4 Å². The molecule has 0 saturated carbocycles. The molecule has 12 heteroatoms. The van der Waals surface area contributed by atoms with Crippen LogP contribution in [0.15, 0.2) is 48.7 Å². The highest BCUT2D eigenvalue weighted by molar-refractivity contribution is 6.01. The van der Waals surface area contributed by atoms with E-state index in [1.165, 1.54) is 6.07 Å². The Balaban J connectivity index is 1.16. The molecule has 51 heavy (non-hydrogen) atoms. The van der Waals surface area contributed by atoms with Crippen molar-refractivity contribution < 1.29 is 22.7 Å². The minimum atomic E-state index is -0.921. The van der Waals surface area contributed by atoms with Crippen molar-refractivity contribution in [2.45, 2.75) is 69.2 Å². The van der Waals surface area contributed by atoms with Gasteiger partial charge in [0.15, 0.2) is 5.82 Å². The van der Waals surface area contributed by atoms with Crippen LogP contribution in [-0.4, -0.2) is 113 Å². The number of ether oxygens (including phenoxy) is 1. The zero-order valence-electron chi connectivity index (χ0n) is 29.4. The van der Waals surface area contributed by atoms with Crippen molar-refractivity contribution in [2.24, 2.45) is 0 Å². The van der Waals surface area contributed by atoms with Gasteiger partial charge in [0.2, 0.25) is 5.91 Å². The summed E-state index contributed by atoms with van der Waals surface area (Å²) in [5, 5.41) is 1.80. The normalized spacial score (nSPS) is 25.3. The summed E-state index contributed by atoms with van der Waals surface area (Å²) in [4.78, 5) is 35.3. The van der Waals surface area contributed by atoms with Gasteiger partial charge in [-0.25, -0.2) is 13.2 Å². The summed E-state index contributed by atoms with van der Waals surface area (Å²) in [5.41, 5.74) is 0.626. The van der Waals surface area contributed by atoms with Gasteiger partial charge in [0.1, 0.15) is 35.6 Å². The van der Waals surface area contributed by atoms with E-state index >= 15 is 8.78 Å². The van der Waals surface area contributed by atoms with E-state index in [9.17, 15) is 9.18 Å². The van der Waals surface area contributed by atoms with E-state index in [0.717, 1.165) is 37.7 Å². The largest absolute Gasteiger partial charge is 0.461 e. The van der Waals surface area contributed by atoms with E-state index in [0.29, 0.717) is 72.7 Å². The van der Waals surface area contributed by atoms with Gasteiger partial charge in [-0.05, 0) is 68.1 Å². The number of hydrogen-bond donors (Lipinski definition) is 0. The number of aryl methyl sites for hydroxylation is 1. The predicted octanol–water partition coefficient (Wildman–Crippen LogP) is 5.94. The molecule has 0 N–H and O–H groups in total. The second-order valence-electron chi connectivity index (χ2n) is 14.7. The van der Waals surface area contributed by atoms with Crippen LogP contribution in [0.4, 0.5) is 19.0 Å². The molecular weight excluding hydrogens is 655 g/mol. The molecule has 0 bridgehead atoms. The molecule has 268 valence electrons. The van der Waals surface area contributed by atoms with Gasteiger partial charge in [-0.1, -0.05) is 37.3 Å². The molecule has 4 atom stereocenters. The Bertz CT molecular complexity index is 2030. The summed E-state index contributed by atoms with van der Waals surface area (Å²) in [6.07, 6.45) is 8.63. The van der Waals surface area contributed by atoms with Gasteiger partial charge in [0.05, 0.1) is 10.9 Å². The number of likely N-dealkylation sites (tertiary alicyclic amines) is 2. The number of aromatic nitrogens is 3. The monoisotopic (exact) mass is 699 g/mol. The van der Waals surface area contributed by atoms with Crippen LogP contribution in [0.1, 0.15) is 44.6 Å². The Kier molecular flexibility index (Phi) is 8.86. The molecule has 1 amide bonds. The number of fused-ring (bicyclic) bond motifs is 3. The highest BCUT2D eigenvalue weighted by atomic mass is 19.1. The Morgan fingerprint density at radius 1 is 1.12 bits per heavy atom. The van der Waals surface area contributed by atoms with E-state index < -0.39 is 17.5 Å². The minimum Gasteiger partial charge on any atom is -0.461 e. The summed E-state index contributed by atoms with van der Waals surface area (Å²) < 4.78 is 52.9. The van der Waals surface area contributed by atoms with Crippen LogP contribution < -0.4 is 9.64 Å². The number of anilines is 1. The lowest BCUT2D eigenvalue weighted by molar-refractivity contribution is -0.125. The summed E-state index contributed by atoms with van der Waals surface area (Å²) in [6.45, 7) is 5.36. The first-order chi connectivity index (χ1) is 24.7. The lowest BCUT2D eigenvalue weighted by atomic mass is 9.95. The number of nitrogens with zero attached hydrogens (tertiary/aromatic N) is 7. The third-order valence-corrected chi connectivity index (χ3v) is 11.7. The second-order valence-corrected chi connectivity index (χ2v) is 14.7. The second kappa shape index (κ2) is 13.4. The van der Waals surface area contributed by atoms with Crippen molar-refractivity contribution in [1.29, 1.82) is 0 Å². The van der Waals surface area contributed by atoms with E-state index in [4.69, 9.17) is 9.72 Å². The Morgan fingerprint density at radius 2 is 1.98 bits per heavy atom. The van der Waals surface area contributed by atoms with Gasteiger partial charge in [-0.2, -0.15) is 9.97 Å². The first-order valence-corrected chi connectivity index (χ1v) is 18.1. The van der Waals surface area contributed by atoms with Gasteiger partial charge in [-0.3, -0.25) is 19.6 Å². The molecule has 0 spiro atoms. The summed E-state index contributed by atoms with van der Waals surface area (Å²) in [7, 11) is 3.94. The molecule has 0 radical (unpaired) electrons. The van der Waals surface area contributed by atoms with E-state index in [-0.39, 0.29) is 41.6 Å². The first-order valence-electron chi connectivity index (χ1n) is 18.1. The lowest BCUT2D eigenvalue weighted by Crippen LogP contribution is -2.43. The van der Waals surface area contributed by atoms with Crippen molar-refractivity contribution >= 4 is 33.4 Å². The molecule has 2 aromatic carbocycles. The molecule has 4 saturated heterocycles. The van der Waals surface area contributed by atoms with Crippen LogP contribution in [0.3, 0.4) is 0 Å². The summed E-state index contributed by atoms with van der Waals surface area (Å²) in [5.74, 6) is -0.597. The van der Waals surface area contributed by atoms with Crippen LogP contribution in [0, 0.1) is 11.6 Å². The quantitative estimate of drug-likeness (QED) is 0.199. The fourth-order valence-electron chi connectivity index (χ4n) is 8.67. The number of alkyl halides is 1. The van der Waals surface area contributed by atoms with Crippen LogP contribution >= 0.6 is 0 Å². The lowest BCUT2D eigenvalue weighted by Gasteiger charge is -2.35. The number of halogens is 3. The maximum Gasteiger partial charge on any atom is 0.319 e. The molecule has 9 nitrogen and oxygen atoms in total. The standard InChI is InChI=1S/C39H44F3N7O2/c1-4-28-31(41)11-9-24-7-5-8-29(33(24)28)35-34(42)36-30(20-43-35)37(45-38(44-36)51-23-39-15-6-16-49(39)21-25(40)19-39)47(3)27-14-18-48(22-27)32(50)12-10-26-13-17-46(26)2/h5,7-12,20,25-27H,4,6,13-19,21-23H2,1-3H3/b12-10+/t25-,26+,27-,39?/m1/s1. The number of hydrogen-bond acceptors (Lipinski definition) is 8. The third-order valence-electron chi connectivity index (χ3n) is 11.7. The molecule has 1 unspecified atom stereocenters. The maximum atomic E-state index is 17.0. The molecule has 8 rings (SSSR count). The molecule has 4 fully saturated rings. The van der Waals surface area contributed by atoms with E-state index in [1.807, 2.05) is 49.0 Å². The molecule has 4 aliphatic rings. The smallest absolute Gasteiger partial charge is 0.319 e. The number of likely N-dealkylation sites (N-methyl/N-ethyl adjacent to an activating group) is 2. The van der Waals surface area contributed by atoms with Gasteiger partial charge in [0, 0.05) is 69.6 Å². The molecule has 6 heterocycles. The van der Waals surface area contributed by atoms with Crippen molar-refractivity contribution in [2.75, 3.05) is 58.3 Å². The van der Waals surface area contributed by atoms with Crippen LogP contribution in [0.2, 0.25) is 0 Å². The van der Waals surface area contributed by atoms with Crippen molar-refractivity contribution in [3.05, 3.63) is 65.9 Å². The van der Waals surface area contributed by atoms with Gasteiger partial charge in [-0.15, -0.1) is 0 Å². The van der Waals surface area contributed by atoms with E-state index in [2.05, 4.69) is 19.8 Å². The highest BCUT2D eigenvalue weighted by Crippen LogP contribution is 2.41. The number of amides is 1. The summed E-state index contributed by atoms with van der Waals surface area (Å²) in [6, 6.07) is 8.79. The topological polar surface area (TPSA) is 77.9 Å². The fraction of sp³-hybridized carbons (Fsp3) is 0.487. The molecule has 4 aliphatic heterocycles. The van der Waals surface area contributed by atoms with Crippen molar-refractivity contribution in [3.8, 4) is 17.3 Å². The Morgan fingerprint density at radius 3 is 2.76 bits per heavy atom. The maximum absolute atomic E-state index is 17.0. The average Bonchev–Trinajstić information content (AvgIpc) is 3.85. The van der Waals surface area contributed by atoms with Gasteiger partial charge >= 0.3 is 6.01 Å². The molecule has 2 aromatic heterocycles. The third kappa shape index (κ3) is 5.99. The number of carbonyl (C=O) groups excluding carboxylic acids is 1. The zero-order chi connectivity index (χ0) is 35.4. The van der Waals surface area contributed by atoms with Crippen molar-refractivity contribution in [3.63, 3.8) is 0 Å². The molecular formula is C39H44F3N7O2.